The van der Waals surface area contributed by atoms with Gasteiger partial charge in [-0.1, -0.05) is 0 Å². The number of nitrogens with zero attached hydrogens (tertiary/aromatic N) is 2. The van der Waals surface area contributed by atoms with Gasteiger partial charge in [-0.2, -0.15) is 5.26 Å². The van der Waals surface area contributed by atoms with Crippen LogP contribution in [0.1, 0.15) is 11.1 Å². The Morgan fingerprint density at radius 1 is 1.89 bits per heavy atom. The third kappa shape index (κ3) is 1.25. The third-order valence-corrected chi connectivity index (χ3v) is 1.64. The normalized spacial score (nSPS) is 12.4. The maximum atomic E-state index is 8.80. The average Bonchev–Trinajstić information content (AvgIpc) is 2.37. The standard InChI is InChI=1S/C5H4N2OS/c6-3-4(8)5-7-1-2-9-5/h1-2,4,8H/t4-/m1/s1. The Labute approximate surface area is 56.2 Å². The Morgan fingerprint density at radius 2 is 2.67 bits per heavy atom. The molecule has 0 aliphatic heterocycles. The van der Waals surface area contributed by atoms with Gasteiger partial charge in [0.05, 0.1) is 0 Å². The summed E-state index contributed by atoms with van der Waals surface area (Å²) < 4.78 is 0. The Morgan fingerprint density at radius 3 is 3.11 bits per heavy atom. The van der Waals surface area contributed by atoms with E-state index >= 15 is 0 Å². The summed E-state index contributed by atoms with van der Waals surface area (Å²) in [6, 6.07) is 1.67. The lowest BCUT2D eigenvalue weighted by atomic mass is 10.4. The molecule has 46 valence electrons. The van der Waals surface area contributed by atoms with E-state index in [1.165, 1.54) is 11.3 Å². The predicted molar refractivity (Wildman–Crippen MR) is 32.7 cm³/mol. The second kappa shape index (κ2) is 2.58. The summed E-state index contributed by atoms with van der Waals surface area (Å²) in [6.45, 7) is 0. The Balaban J connectivity index is 2.80. The van der Waals surface area contributed by atoms with Crippen LogP contribution in [0.5, 0.6) is 0 Å². The first-order valence-electron chi connectivity index (χ1n) is 2.31. The number of aliphatic hydroxyl groups is 1. The van der Waals surface area contributed by atoms with Gasteiger partial charge < -0.3 is 5.11 Å². The van der Waals surface area contributed by atoms with Crippen LogP contribution in [0.15, 0.2) is 11.6 Å². The fourth-order valence-corrected chi connectivity index (χ4v) is 0.989. The molecule has 9 heavy (non-hydrogen) atoms. The predicted octanol–water partition coefficient (Wildman–Crippen LogP) is 0.700. The van der Waals surface area contributed by atoms with E-state index in [1.54, 1.807) is 17.6 Å². The first-order chi connectivity index (χ1) is 4.34. The largest absolute Gasteiger partial charge is 0.372 e. The lowest BCUT2D eigenvalue weighted by Gasteiger charge is -1.90. The smallest absolute Gasteiger partial charge is 0.192 e. The van der Waals surface area contributed by atoms with Crippen LogP contribution < -0.4 is 0 Å². The number of aromatic nitrogens is 1. The van der Waals surface area contributed by atoms with Crippen molar-refractivity contribution in [1.82, 2.24) is 4.98 Å². The number of hydrogen-bond donors (Lipinski definition) is 1. The van der Waals surface area contributed by atoms with Crippen LogP contribution in [0, 0.1) is 11.3 Å². The molecule has 1 heterocycles. The summed E-state index contributed by atoms with van der Waals surface area (Å²) in [4.78, 5) is 3.73. The topological polar surface area (TPSA) is 56.9 Å². The van der Waals surface area contributed by atoms with E-state index in [4.69, 9.17) is 10.4 Å². The van der Waals surface area contributed by atoms with Gasteiger partial charge in [0.1, 0.15) is 11.1 Å². The molecule has 1 atom stereocenters. The summed E-state index contributed by atoms with van der Waals surface area (Å²) in [5.41, 5.74) is 0. The average molecular weight is 140 g/mol. The van der Waals surface area contributed by atoms with Crippen molar-refractivity contribution in [1.29, 1.82) is 5.26 Å². The molecule has 0 aromatic carbocycles. The van der Waals surface area contributed by atoms with Crippen molar-refractivity contribution >= 4 is 11.3 Å². The van der Waals surface area contributed by atoms with Gasteiger partial charge >= 0.3 is 0 Å². The molecule has 3 nitrogen and oxygen atoms in total. The van der Waals surface area contributed by atoms with Gasteiger partial charge in [0, 0.05) is 11.6 Å². The minimum Gasteiger partial charge on any atom is -0.372 e. The lowest BCUT2D eigenvalue weighted by Crippen LogP contribution is -1.89. The molecule has 1 aromatic rings. The molecule has 0 spiro atoms. The van der Waals surface area contributed by atoms with Crippen molar-refractivity contribution in [3.63, 3.8) is 0 Å². The van der Waals surface area contributed by atoms with E-state index in [0.717, 1.165) is 0 Å². The van der Waals surface area contributed by atoms with Gasteiger partial charge in [-0.15, -0.1) is 11.3 Å². The molecule has 1 N–H and O–H groups in total. The van der Waals surface area contributed by atoms with Gasteiger partial charge in [-0.05, 0) is 0 Å². The van der Waals surface area contributed by atoms with Crippen LogP contribution >= 0.6 is 11.3 Å². The zero-order valence-electron chi connectivity index (χ0n) is 4.48. The Hall–Kier alpha value is -0.920. The van der Waals surface area contributed by atoms with Gasteiger partial charge in [0.25, 0.3) is 0 Å². The van der Waals surface area contributed by atoms with E-state index in [9.17, 15) is 0 Å². The molecule has 1 rings (SSSR count). The minimum atomic E-state index is -1.05. The molecule has 0 bridgehead atoms. The molecule has 0 fully saturated rings. The third-order valence-electron chi connectivity index (χ3n) is 0.808. The van der Waals surface area contributed by atoms with Crippen molar-refractivity contribution in [2.24, 2.45) is 0 Å². The molecule has 0 saturated heterocycles. The van der Waals surface area contributed by atoms with Crippen LogP contribution in [0.25, 0.3) is 0 Å². The number of hydrogen-bond acceptors (Lipinski definition) is 4. The molecular weight excluding hydrogens is 136 g/mol. The maximum absolute atomic E-state index is 8.80. The molecule has 0 unspecified atom stereocenters. The summed E-state index contributed by atoms with van der Waals surface area (Å²) in [6.07, 6.45) is 0.505. The zero-order valence-corrected chi connectivity index (χ0v) is 5.30. The fourth-order valence-electron chi connectivity index (χ4n) is 0.425. The molecule has 1 aromatic heterocycles. The van der Waals surface area contributed by atoms with Crippen molar-refractivity contribution in [2.45, 2.75) is 6.10 Å². The van der Waals surface area contributed by atoms with E-state index in [1.807, 2.05) is 0 Å². The number of thiazole rings is 1. The minimum absolute atomic E-state index is 0.456. The van der Waals surface area contributed by atoms with Crippen molar-refractivity contribution in [3.8, 4) is 6.07 Å². The number of rotatable bonds is 1. The number of aliphatic hydroxyl groups excluding tert-OH is 1. The van der Waals surface area contributed by atoms with E-state index in [-0.39, 0.29) is 0 Å². The maximum Gasteiger partial charge on any atom is 0.192 e. The first kappa shape index (κ1) is 6.20. The van der Waals surface area contributed by atoms with Crippen LogP contribution in [0.3, 0.4) is 0 Å². The SMILES string of the molecule is N#C[C@@H](O)c1nccs1. The second-order valence-electron chi connectivity index (χ2n) is 1.40. The van der Waals surface area contributed by atoms with Crippen LogP contribution in [-0.4, -0.2) is 10.1 Å². The van der Waals surface area contributed by atoms with Gasteiger partial charge in [-0.25, -0.2) is 4.98 Å². The Kier molecular flexibility index (Phi) is 1.78. The number of nitriles is 1. The zero-order chi connectivity index (χ0) is 6.69. The van der Waals surface area contributed by atoms with Crippen LogP contribution in [0.2, 0.25) is 0 Å². The fraction of sp³-hybridized carbons (Fsp3) is 0.200. The lowest BCUT2D eigenvalue weighted by molar-refractivity contribution is 0.235. The van der Waals surface area contributed by atoms with Crippen LogP contribution in [0.4, 0.5) is 0 Å². The Bertz CT molecular complexity index is 213. The highest BCUT2D eigenvalue weighted by Gasteiger charge is 2.05. The highest BCUT2D eigenvalue weighted by Crippen LogP contribution is 2.13. The molecule has 0 radical (unpaired) electrons. The summed E-state index contributed by atoms with van der Waals surface area (Å²) in [7, 11) is 0. The summed E-state index contributed by atoms with van der Waals surface area (Å²) >= 11 is 1.27. The van der Waals surface area contributed by atoms with Crippen molar-refractivity contribution in [2.75, 3.05) is 0 Å². The van der Waals surface area contributed by atoms with E-state index in [2.05, 4.69) is 4.98 Å². The van der Waals surface area contributed by atoms with Gasteiger partial charge in [-0.3, -0.25) is 0 Å². The highest BCUT2D eigenvalue weighted by atomic mass is 32.1. The van der Waals surface area contributed by atoms with Crippen molar-refractivity contribution in [3.05, 3.63) is 16.6 Å². The van der Waals surface area contributed by atoms with Crippen LogP contribution in [-0.2, 0) is 0 Å². The second-order valence-corrected chi connectivity index (χ2v) is 2.33. The highest BCUT2D eigenvalue weighted by molar-refractivity contribution is 7.09. The molecular formula is C5H4N2OS. The molecule has 0 aliphatic carbocycles. The molecule has 4 heteroatoms. The summed E-state index contributed by atoms with van der Waals surface area (Å²) in [5.74, 6) is 0. The van der Waals surface area contributed by atoms with Gasteiger partial charge in [0.15, 0.2) is 6.10 Å². The monoisotopic (exact) mass is 140 g/mol. The van der Waals surface area contributed by atoms with E-state index in [0.29, 0.717) is 5.01 Å². The van der Waals surface area contributed by atoms with Gasteiger partial charge in [0.2, 0.25) is 0 Å². The molecule has 0 amide bonds. The quantitative estimate of drug-likeness (QED) is 0.584. The first-order valence-corrected chi connectivity index (χ1v) is 3.19. The molecule has 0 saturated carbocycles. The summed E-state index contributed by atoms with van der Waals surface area (Å²) in [5, 5.41) is 19.2. The molecule has 0 aliphatic rings. The van der Waals surface area contributed by atoms with Crippen molar-refractivity contribution < 1.29 is 5.11 Å². The van der Waals surface area contributed by atoms with E-state index < -0.39 is 6.10 Å².